The molecule has 94 valence electrons. The minimum absolute atomic E-state index is 0.135. The van der Waals surface area contributed by atoms with Crippen molar-refractivity contribution in [2.45, 2.75) is 19.6 Å². The second-order valence-corrected chi connectivity index (χ2v) is 4.32. The zero-order valence-corrected chi connectivity index (χ0v) is 9.62. The van der Waals surface area contributed by atoms with Crippen molar-refractivity contribution in [2.75, 3.05) is 19.7 Å². The Kier molecular flexibility index (Phi) is 3.59. The molecule has 0 aliphatic carbocycles. The van der Waals surface area contributed by atoms with E-state index in [1.165, 1.54) is 12.1 Å². The number of phenolic OH excluding ortho intramolecular Hbond substituents is 1. The van der Waals surface area contributed by atoms with Crippen LogP contribution in [-0.2, 0) is 11.3 Å². The number of nitrogens with zero attached hydrogens (tertiary/aromatic N) is 1. The molecular weight excluding hydrogens is 228 g/mol. The molecule has 0 aromatic heterocycles. The zero-order chi connectivity index (χ0) is 12.4. The minimum atomic E-state index is -0.915. The maximum Gasteiger partial charge on any atom is 0.187 e. The molecule has 1 aromatic carbocycles. The van der Waals surface area contributed by atoms with Gasteiger partial charge < -0.3 is 9.84 Å². The van der Waals surface area contributed by atoms with Gasteiger partial charge in [-0.1, -0.05) is 0 Å². The van der Waals surface area contributed by atoms with E-state index in [9.17, 15) is 8.78 Å². The standard InChI is InChI=1S/C12H15F2NO2/c1-8-6-15(2-3-17-8)7-9-4-10(13)12(16)11(14)5-9/h4-5,8,16H,2-3,6-7H2,1H3. The van der Waals surface area contributed by atoms with Crippen LogP contribution in [0.1, 0.15) is 12.5 Å². The second-order valence-electron chi connectivity index (χ2n) is 4.32. The summed E-state index contributed by atoms with van der Waals surface area (Å²) in [6, 6.07) is 2.33. The SMILES string of the molecule is CC1CN(Cc2cc(F)c(O)c(F)c2)CCO1. The predicted molar refractivity (Wildman–Crippen MR) is 58.7 cm³/mol. The Labute approximate surface area is 98.6 Å². The van der Waals surface area contributed by atoms with Gasteiger partial charge in [0.25, 0.3) is 0 Å². The maximum atomic E-state index is 13.1. The Hall–Kier alpha value is -1.20. The Bertz CT molecular complexity index is 388. The third-order valence-corrected chi connectivity index (χ3v) is 2.81. The van der Waals surface area contributed by atoms with Gasteiger partial charge in [-0.25, -0.2) is 8.78 Å². The summed E-state index contributed by atoms with van der Waals surface area (Å²) < 4.78 is 31.7. The molecule has 3 nitrogen and oxygen atoms in total. The van der Waals surface area contributed by atoms with Gasteiger partial charge in [0.2, 0.25) is 0 Å². The van der Waals surface area contributed by atoms with Gasteiger partial charge in [-0.05, 0) is 24.6 Å². The Balaban J connectivity index is 2.08. The van der Waals surface area contributed by atoms with Gasteiger partial charge in [0.05, 0.1) is 12.7 Å². The zero-order valence-electron chi connectivity index (χ0n) is 9.62. The predicted octanol–water partition coefficient (Wildman–Crippen LogP) is 1.89. The van der Waals surface area contributed by atoms with Crippen LogP contribution in [-0.4, -0.2) is 35.8 Å². The van der Waals surface area contributed by atoms with Crippen molar-refractivity contribution in [2.24, 2.45) is 0 Å². The van der Waals surface area contributed by atoms with Crippen LogP contribution in [0, 0.1) is 11.6 Å². The number of morpholine rings is 1. The fourth-order valence-corrected chi connectivity index (χ4v) is 2.00. The van der Waals surface area contributed by atoms with Crippen molar-refractivity contribution in [3.63, 3.8) is 0 Å². The van der Waals surface area contributed by atoms with Gasteiger partial charge >= 0.3 is 0 Å². The maximum absolute atomic E-state index is 13.1. The number of ether oxygens (including phenoxy) is 1. The fourth-order valence-electron chi connectivity index (χ4n) is 2.00. The van der Waals surface area contributed by atoms with Crippen molar-refractivity contribution in [1.29, 1.82) is 0 Å². The average molecular weight is 243 g/mol. The number of benzene rings is 1. The van der Waals surface area contributed by atoms with Gasteiger partial charge in [0.1, 0.15) is 0 Å². The Morgan fingerprint density at radius 3 is 2.65 bits per heavy atom. The molecule has 0 radical (unpaired) electrons. The normalized spacial score (nSPS) is 21.7. The quantitative estimate of drug-likeness (QED) is 0.861. The average Bonchev–Trinajstić information content (AvgIpc) is 2.26. The van der Waals surface area contributed by atoms with Crippen molar-refractivity contribution in [1.82, 2.24) is 4.90 Å². The third-order valence-electron chi connectivity index (χ3n) is 2.81. The number of phenols is 1. The molecule has 17 heavy (non-hydrogen) atoms. The summed E-state index contributed by atoms with van der Waals surface area (Å²) in [5.41, 5.74) is 0.520. The van der Waals surface area contributed by atoms with Gasteiger partial charge in [0, 0.05) is 19.6 Å². The van der Waals surface area contributed by atoms with Crippen molar-refractivity contribution < 1.29 is 18.6 Å². The van der Waals surface area contributed by atoms with E-state index in [1.807, 2.05) is 6.92 Å². The van der Waals surface area contributed by atoms with Gasteiger partial charge in [-0.2, -0.15) is 0 Å². The van der Waals surface area contributed by atoms with E-state index in [-0.39, 0.29) is 6.10 Å². The lowest BCUT2D eigenvalue weighted by Crippen LogP contribution is -2.40. The number of rotatable bonds is 2. The molecule has 0 bridgehead atoms. The highest BCUT2D eigenvalue weighted by molar-refractivity contribution is 5.30. The number of halogens is 2. The van der Waals surface area contributed by atoms with Gasteiger partial charge in [-0.3, -0.25) is 4.90 Å². The molecule has 0 spiro atoms. The van der Waals surface area contributed by atoms with Crippen LogP contribution in [0.5, 0.6) is 5.75 Å². The number of hydrogen-bond donors (Lipinski definition) is 1. The summed E-state index contributed by atoms with van der Waals surface area (Å²) in [6.45, 7) is 4.54. The first-order valence-corrected chi connectivity index (χ1v) is 5.57. The van der Waals surface area contributed by atoms with E-state index in [4.69, 9.17) is 9.84 Å². The smallest absolute Gasteiger partial charge is 0.187 e. The lowest BCUT2D eigenvalue weighted by molar-refractivity contribution is -0.0212. The Morgan fingerprint density at radius 1 is 1.41 bits per heavy atom. The highest BCUT2D eigenvalue weighted by Crippen LogP contribution is 2.22. The number of aromatic hydroxyl groups is 1. The van der Waals surface area contributed by atoms with E-state index in [2.05, 4.69) is 4.90 Å². The third kappa shape index (κ3) is 2.92. The summed E-state index contributed by atoms with van der Waals surface area (Å²) in [4.78, 5) is 2.07. The highest BCUT2D eigenvalue weighted by atomic mass is 19.1. The molecule has 5 heteroatoms. The molecule has 1 aliphatic heterocycles. The monoisotopic (exact) mass is 243 g/mol. The lowest BCUT2D eigenvalue weighted by atomic mass is 10.1. The van der Waals surface area contributed by atoms with Crippen LogP contribution in [0.4, 0.5) is 8.78 Å². The van der Waals surface area contributed by atoms with Crippen LogP contribution in [0.3, 0.4) is 0 Å². The Morgan fingerprint density at radius 2 is 2.06 bits per heavy atom. The highest BCUT2D eigenvalue weighted by Gasteiger charge is 2.18. The molecule has 1 aromatic rings. The molecule has 1 saturated heterocycles. The molecule has 0 amide bonds. The van der Waals surface area contributed by atoms with E-state index in [0.29, 0.717) is 18.7 Å². The summed E-state index contributed by atoms with van der Waals surface area (Å²) in [5, 5.41) is 9.00. The molecule has 1 fully saturated rings. The summed E-state index contributed by atoms with van der Waals surface area (Å²) in [6.07, 6.45) is 0.135. The van der Waals surface area contributed by atoms with Gasteiger partial charge in [-0.15, -0.1) is 0 Å². The summed E-state index contributed by atoms with van der Waals surface area (Å²) in [5.74, 6) is -2.74. The first kappa shape index (κ1) is 12.3. The molecule has 1 atom stereocenters. The van der Waals surface area contributed by atoms with Crippen LogP contribution in [0.25, 0.3) is 0 Å². The summed E-state index contributed by atoms with van der Waals surface area (Å²) in [7, 11) is 0. The molecule has 1 heterocycles. The van der Waals surface area contributed by atoms with Crippen LogP contribution in [0.2, 0.25) is 0 Å². The fraction of sp³-hybridized carbons (Fsp3) is 0.500. The number of hydrogen-bond acceptors (Lipinski definition) is 3. The lowest BCUT2D eigenvalue weighted by Gasteiger charge is -2.31. The van der Waals surface area contributed by atoms with E-state index >= 15 is 0 Å². The van der Waals surface area contributed by atoms with E-state index in [1.54, 1.807) is 0 Å². The van der Waals surface area contributed by atoms with E-state index in [0.717, 1.165) is 13.1 Å². The second kappa shape index (κ2) is 4.98. The molecular formula is C12H15F2NO2. The van der Waals surface area contributed by atoms with Crippen molar-refractivity contribution in [3.8, 4) is 5.75 Å². The van der Waals surface area contributed by atoms with Crippen molar-refractivity contribution >= 4 is 0 Å². The van der Waals surface area contributed by atoms with Crippen LogP contribution >= 0.6 is 0 Å². The minimum Gasteiger partial charge on any atom is -0.503 e. The molecule has 1 aliphatic rings. The van der Waals surface area contributed by atoms with Crippen LogP contribution in [0.15, 0.2) is 12.1 Å². The van der Waals surface area contributed by atoms with Gasteiger partial charge in [0.15, 0.2) is 17.4 Å². The molecule has 1 unspecified atom stereocenters. The van der Waals surface area contributed by atoms with Crippen LogP contribution < -0.4 is 0 Å². The first-order valence-electron chi connectivity index (χ1n) is 5.57. The topological polar surface area (TPSA) is 32.7 Å². The largest absolute Gasteiger partial charge is 0.503 e. The first-order chi connectivity index (χ1) is 8.06. The molecule has 0 saturated carbocycles. The van der Waals surface area contributed by atoms with E-state index < -0.39 is 17.4 Å². The summed E-state index contributed by atoms with van der Waals surface area (Å²) >= 11 is 0. The molecule has 1 N–H and O–H groups in total. The van der Waals surface area contributed by atoms with Crippen molar-refractivity contribution in [3.05, 3.63) is 29.3 Å². The molecule has 2 rings (SSSR count).